The van der Waals surface area contributed by atoms with E-state index < -0.39 is 4.87 Å². The van der Waals surface area contributed by atoms with Gasteiger partial charge in [0.1, 0.15) is 10.6 Å². The number of ether oxygens (including phenoxy) is 1. The largest absolute Gasteiger partial charge is 0.490 e. The molecule has 0 radical (unpaired) electrons. The molecule has 1 aliphatic carbocycles. The van der Waals surface area contributed by atoms with Crippen LogP contribution in [-0.2, 0) is 4.87 Å². The second kappa shape index (κ2) is 9.71. The molecular formula is C28H31ClO. The van der Waals surface area contributed by atoms with Gasteiger partial charge in [0.2, 0.25) is 0 Å². The molecular weight excluding hydrogens is 388 g/mol. The van der Waals surface area contributed by atoms with Gasteiger partial charge < -0.3 is 4.74 Å². The van der Waals surface area contributed by atoms with Crippen LogP contribution in [-0.4, -0.2) is 6.10 Å². The zero-order valence-electron chi connectivity index (χ0n) is 17.8. The van der Waals surface area contributed by atoms with Crippen molar-refractivity contribution in [1.82, 2.24) is 0 Å². The maximum Gasteiger partial charge on any atom is 0.119 e. The van der Waals surface area contributed by atoms with Crippen molar-refractivity contribution in [3.63, 3.8) is 0 Å². The van der Waals surface area contributed by atoms with E-state index in [0.29, 0.717) is 6.10 Å². The molecule has 156 valence electrons. The third-order valence-corrected chi connectivity index (χ3v) is 6.88. The first-order valence-corrected chi connectivity index (χ1v) is 11.6. The van der Waals surface area contributed by atoms with E-state index in [1.165, 1.54) is 37.7 Å². The second-order valence-electron chi connectivity index (χ2n) is 8.50. The van der Waals surface area contributed by atoms with Crippen LogP contribution in [0.25, 0.3) is 0 Å². The van der Waals surface area contributed by atoms with Gasteiger partial charge in [0.25, 0.3) is 0 Å². The average molecular weight is 419 g/mol. The Labute approximate surface area is 186 Å². The maximum absolute atomic E-state index is 7.41. The molecule has 30 heavy (non-hydrogen) atoms. The van der Waals surface area contributed by atoms with Crippen LogP contribution < -0.4 is 4.74 Å². The van der Waals surface area contributed by atoms with Crippen molar-refractivity contribution in [3.8, 4) is 5.75 Å². The Morgan fingerprint density at radius 2 is 1.17 bits per heavy atom. The van der Waals surface area contributed by atoms with Crippen molar-refractivity contribution in [2.75, 3.05) is 0 Å². The van der Waals surface area contributed by atoms with Gasteiger partial charge in [-0.2, -0.15) is 0 Å². The summed E-state index contributed by atoms with van der Waals surface area (Å²) in [5, 5.41) is 0. The molecule has 0 bridgehead atoms. The quantitative estimate of drug-likeness (QED) is 0.301. The summed E-state index contributed by atoms with van der Waals surface area (Å²) in [6, 6.07) is 27.3. The molecule has 4 rings (SSSR count). The van der Waals surface area contributed by atoms with Gasteiger partial charge in [-0.3, -0.25) is 0 Å². The molecule has 3 aromatic carbocycles. The minimum Gasteiger partial charge on any atom is -0.490 e. The molecule has 0 saturated heterocycles. The highest BCUT2D eigenvalue weighted by Gasteiger charge is 2.34. The predicted molar refractivity (Wildman–Crippen MR) is 127 cm³/mol. The van der Waals surface area contributed by atoms with Crippen LogP contribution in [0.1, 0.15) is 67.2 Å². The van der Waals surface area contributed by atoms with Gasteiger partial charge in [0.15, 0.2) is 0 Å². The van der Waals surface area contributed by atoms with Crippen LogP contribution in [0.5, 0.6) is 5.75 Å². The fourth-order valence-corrected chi connectivity index (χ4v) is 4.82. The van der Waals surface area contributed by atoms with Crippen molar-refractivity contribution in [3.05, 3.63) is 101 Å². The normalized spacial score (nSPS) is 17.5. The Balaban J connectivity index is 1.62. The maximum atomic E-state index is 7.41. The smallest absolute Gasteiger partial charge is 0.119 e. The molecule has 2 heteroatoms. The minimum absolute atomic E-state index is 0.336. The zero-order valence-corrected chi connectivity index (χ0v) is 18.6. The van der Waals surface area contributed by atoms with E-state index in [2.05, 4.69) is 67.6 Å². The summed E-state index contributed by atoms with van der Waals surface area (Å²) in [5.41, 5.74) is 4.44. The summed E-state index contributed by atoms with van der Waals surface area (Å²) in [5.74, 6) is 0.945. The molecule has 1 aliphatic rings. The van der Waals surface area contributed by atoms with E-state index >= 15 is 0 Å². The van der Waals surface area contributed by atoms with Crippen molar-refractivity contribution in [2.45, 2.75) is 62.8 Å². The van der Waals surface area contributed by atoms with Crippen LogP contribution in [0.15, 0.2) is 78.9 Å². The molecule has 0 aromatic heterocycles. The number of alkyl halides is 1. The zero-order chi connectivity index (χ0) is 20.8. The lowest BCUT2D eigenvalue weighted by molar-refractivity contribution is 0.166. The standard InChI is InChI=1S/C28H31ClO/c1-22-14-16-24(17-15-22)28(29,23-10-6-5-7-11-23)25-18-20-27(21-19-25)30-26-12-8-3-2-4-9-13-26/h5-7,10-11,14-21,26H,2-4,8-9,12-13H2,1H3. The molecule has 1 fully saturated rings. The minimum atomic E-state index is -0.728. The third-order valence-electron chi connectivity index (χ3n) is 6.23. The lowest BCUT2D eigenvalue weighted by atomic mass is 9.84. The summed E-state index contributed by atoms with van der Waals surface area (Å²) >= 11 is 7.41. The first kappa shape index (κ1) is 21.0. The van der Waals surface area contributed by atoms with Crippen LogP contribution >= 0.6 is 11.6 Å². The van der Waals surface area contributed by atoms with Gasteiger partial charge in [-0.05, 0) is 61.4 Å². The average Bonchev–Trinajstić information content (AvgIpc) is 2.76. The summed E-state index contributed by atoms with van der Waals surface area (Å²) in [4.78, 5) is -0.728. The Morgan fingerprint density at radius 3 is 1.77 bits per heavy atom. The van der Waals surface area contributed by atoms with Crippen LogP contribution in [0.3, 0.4) is 0 Å². The van der Waals surface area contributed by atoms with Crippen molar-refractivity contribution in [1.29, 1.82) is 0 Å². The van der Waals surface area contributed by atoms with Crippen LogP contribution in [0.2, 0.25) is 0 Å². The van der Waals surface area contributed by atoms with E-state index in [1.807, 2.05) is 18.2 Å². The molecule has 3 aromatic rings. The van der Waals surface area contributed by atoms with Gasteiger partial charge in [-0.25, -0.2) is 0 Å². The second-order valence-corrected chi connectivity index (χ2v) is 9.07. The Hall–Kier alpha value is -2.25. The van der Waals surface area contributed by atoms with E-state index in [4.69, 9.17) is 16.3 Å². The molecule has 1 saturated carbocycles. The van der Waals surface area contributed by atoms with Crippen molar-refractivity contribution >= 4 is 11.6 Å². The number of hydrogen-bond acceptors (Lipinski definition) is 1. The summed E-state index contributed by atoms with van der Waals surface area (Å²) in [6.07, 6.45) is 9.25. The topological polar surface area (TPSA) is 9.23 Å². The SMILES string of the molecule is Cc1ccc(C(Cl)(c2ccccc2)c2ccc(OC3CCCCCCC3)cc2)cc1. The van der Waals surface area contributed by atoms with E-state index in [0.717, 1.165) is 35.3 Å². The van der Waals surface area contributed by atoms with Gasteiger partial charge >= 0.3 is 0 Å². The van der Waals surface area contributed by atoms with Gasteiger partial charge in [0.05, 0.1) is 6.10 Å². The lowest BCUT2D eigenvalue weighted by Gasteiger charge is -2.29. The van der Waals surface area contributed by atoms with Crippen molar-refractivity contribution in [2.24, 2.45) is 0 Å². The Kier molecular flexibility index (Phi) is 6.79. The monoisotopic (exact) mass is 418 g/mol. The third kappa shape index (κ3) is 4.73. The first-order chi connectivity index (χ1) is 14.7. The van der Waals surface area contributed by atoms with Gasteiger partial charge in [-0.1, -0.05) is 91.6 Å². The predicted octanol–water partition coefficient (Wildman–Crippen LogP) is 8.02. The Morgan fingerprint density at radius 1 is 0.667 bits per heavy atom. The molecule has 0 heterocycles. The van der Waals surface area contributed by atoms with Gasteiger partial charge in [0, 0.05) is 0 Å². The lowest BCUT2D eigenvalue weighted by Crippen LogP contribution is -2.22. The molecule has 0 spiro atoms. The number of halogens is 1. The first-order valence-electron chi connectivity index (χ1n) is 11.2. The molecule has 1 atom stereocenters. The highest BCUT2D eigenvalue weighted by atomic mass is 35.5. The van der Waals surface area contributed by atoms with E-state index in [-0.39, 0.29) is 0 Å². The Bertz CT molecular complexity index is 909. The molecule has 1 unspecified atom stereocenters. The number of aryl methyl sites for hydroxylation is 1. The summed E-state index contributed by atoms with van der Waals surface area (Å²) in [6.45, 7) is 2.10. The molecule has 0 N–H and O–H groups in total. The van der Waals surface area contributed by atoms with Crippen LogP contribution in [0.4, 0.5) is 0 Å². The summed E-state index contributed by atoms with van der Waals surface area (Å²) in [7, 11) is 0. The number of hydrogen-bond donors (Lipinski definition) is 0. The molecule has 0 amide bonds. The van der Waals surface area contributed by atoms with Crippen molar-refractivity contribution < 1.29 is 4.74 Å². The number of benzene rings is 3. The molecule has 0 aliphatic heterocycles. The van der Waals surface area contributed by atoms with Gasteiger partial charge in [-0.15, -0.1) is 11.6 Å². The molecule has 1 nitrogen and oxygen atoms in total. The highest BCUT2D eigenvalue weighted by molar-refractivity contribution is 6.28. The number of rotatable bonds is 5. The highest BCUT2D eigenvalue weighted by Crippen LogP contribution is 2.43. The van der Waals surface area contributed by atoms with Crippen LogP contribution in [0, 0.1) is 6.92 Å². The summed E-state index contributed by atoms with van der Waals surface area (Å²) < 4.78 is 6.34. The fourth-order valence-electron chi connectivity index (χ4n) is 4.44. The fraction of sp³-hybridized carbons (Fsp3) is 0.357. The van der Waals surface area contributed by atoms with E-state index in [9.17, 15) is 0 Å². The van der Waals surface area contributed by atoms with E-state index in [1.54, 1.807) is 0 Å².